The molecule has 6 heteroatoms. The van der Waals surface area contributed by atoms with Crippen molar-refractivity contribution in [3.05, 3.63) is 89.3 Å². The first-order valence-corrected chi connectivity index (χ1v) is 10.3. The second kappa shape index (κ2) is 7.06. The first kappa shape index (κ1) is 19.0. The molecule has 1 saturated heterocycles. The summed E-state index contributed by atoms with van der Waals surface area (Å²) in [6.07, 6.45) is 4.17. The molecule has 1 aliphatic heterocycles. The molecule has 1 aromatic heterocycles. The lowest BCUT2D eigenvalue weighted by Gasteiger charge is -2.43. The quantitative estimate of drug-likeness (QED) is 0.669. The van der Waals surface area contributed by atoms with Crippen molar-refractivity contribution < 1.29 is 8.78 Å². The Balaban J connectivity index is 1.45. The maximum Gasteiger partial charge on any atom is 0.147 e. The zero-order chi connectivity index (χ0) is 20.9. The van der Waals surface area contributed by atoms with E-state index in [0.717, 1.165) is 25.3 Å². The zero-order valence-corrected chi connectivity index (χ0v) is 16.7. The summed E-state index contributed by atoms with van der Waals surface area (Å²) in [4.78, 5) is 1.94. The molecule has 3 aromatic rings. The number of rotatable bonds is 3. The Morgan fingerprint density at radius 1 is 1.10 bits per heavy atom. The highest BCUT2D eigenvalue weighted by Crippen LogP contribution is 2.51. The fourth-order valence-electron chi connectivity index (χ4n) is 5.18. The van der Waals surface area contributed by atoms with Crippen molar-refractivity contribution in [1.29, 1.82) is 0 Å². The number of H-pyrrole nitrogens is 1. The Morgan fingerprint density at radius 2 is 1.83 bits per heavy atom. The van der Waals surface area contributed by atoms with Gasteiger partial charge in [0.15, 0.2) is 0 Å². The van der Waals surface area contributed by atoms with E-state index in [1.165, 1.54) is 17.2 Å². The monoisotopic (exact) mass is 406 g/mol. The number of piperidine rings is 1. The van der Waals surface area contributed by atoms with Gasteiger partial charge in [0.2, 0.25) is 0 Å². The van der Waals surface area contributed by atoms with Crippen LogP contribution >= 0.6 is 0 Å². The molecule has 2 aromatic carbocycles. The van der Waals surface area contributed by atoms with Gasteiger partial charge in [-0.1, -0.05) is 30.8 Å². The molecule has 4 nitrogen and oxygen atoms in total. The van der Waals surface area contributed by atoms with Crippen LogP contribution in [0, 0.1) is 17.0 Å². The Labute approximate surface area is 174 Å². The van der Waals surface area contributed by atoms with Crippen LogP contribution in [0.2, 0.25) is 0 Å². The molecule has 1 atom stereocenters. The van der Waals surface area contributed by atoms with E-state index < -0.39 is 11.6 Å². The van der Waals surface area contributed by atoms with Gasteiger partial charge in [-0.15, -0.1) is 0 Å². The number of nitrogens with one attached hydrogen (secondary N) is 1. The van der Waals surface area contributed by atoms with E-state index in [1.54, 1.807) is 12.3 Å². The molecule has 0 bridgehead atoms. The Hall–Kier alpha value is -2.99. The number of nitrogens with two attached hydrogens (primary N) is 1. The van der Waals surface area contributed by atoms with E-state index >= 15 is 0 Å². The fourth-order valence-corrected chi connectivity index (χ4v) is 5.18. The third-order valence-corrected chi connectivity index (χ3v) is 6.87. The van der Waals surface area contributed by atoms with Gasteiger partial charge in [-0.2, -0.15) is 5.10 Å². The van der Waals surface area contributed by atoms with Crippen molar-refractivity contribution in [3.8, 4) is 0 Å². The molecule has 154 valence electrons. The molecule has 0 unspecified atom stereocenters. The van der Waals surface area contributed by atoms with Crippen LogP contribution in [0.4, 0.5) is 14.5 Å². The first-order valence-electron chi connectivity index (χ1n) is 10.3. The predicted molar refractivity (Wildman–Crippen MR) is 114 cm³/mol. The molecule has 3 N–H and O–H groups in total. The summed E-state index contributed by atoms with van der Waals surface area (Å²) in [5, 5.41) is 6.70. The smallest absolute Gasteiger partial charge is 0.147 e. The van der Waals surface area contributed by atoms with E-state index in [9.17, 15) is 8.78 Å². The summed E-state index contributed by atoms with van der Waals surface area (Å²) in [5.74, 6) is -0.932. The Morgan fingerprint density at radius 3 is 2.53 bits per heavy atom. The van der Waals surface area contributed by atoms with Crippen molar-refractivity contribution in [1.82, 2.24) is 10.2 Å². The Kier molecular flexibility index (Phi) is 4.47. The van der Waals surface area contributed by atoms with Gasteiger partial charge in [0.25, 0.3) is 0 Å². The van der Waals surface area contributed by atoms with E-state index in [0.29, 0.717) is 24.4 Å². The average Bonchev–Trinajstić information content (AvgIpc) is 3.38. The lowest BCUT2D eigenvalue weighted by atomic mass is 9.73. The largest absolute Gasteiger partial charge is 0.369 e. The van der Waals surface area contributed by atoms with Crippen molar-refractivity contribution >= 4 is 11.3 Å². The fraction of sp³-hybridized carbons (Fsp3) is 0.292. The van der Waals surface area contributed by atoms with Crippen LogP contribution in [0.15, 0.2) is 55.2 Å². The number of aromatic nitrogens is 2. The number of nitrogens with zero attached hydrogens (tertiary/aromatic N) is 2. The summed E-state index contributed by atoms with van der Waals surface area (Å²) >= 11 is 0. The number of fused-ring (bicyclic) bond motifs is 1. The minimum absolute atomic E-state index is 0.0207. The van der Waals surface area contributed by atoms with Gasteiger partial charge in [0, 0.05) is 36.5 Å². The van der Waals surface area contributed by atoms with Crippen LogP contribution in [0.25, 0.3) is 5.57 Å². The number of aromatic amines is 1. The summed E-state index contributed by atoms with van der Waals surface area (Å²) in [7, 11) is 0. The number of benzene rings is 2. The summed E-state index contributed by atoms with van der Waals surface area (Å²) in [5.41, 5.74) is 10.6. The van der Waals surface area contributed by atoms with Crippen molar-refractivity contribution in [2.45, 2.75) is 25.3 Å². The first-order chi connectivity index (χ1) is 14.5. The van der Waals surface area contributed by atoms with Crippen LogP contribution in [0.1, 0.15) is 41.3 Å². The van der Waals surface area contributed by atoms with E-state index in [-0.39, 0.29) is 22.7 Å². The molecular weight excluding hydrogens is 382 g/mol. The second-order valence-corrected chi connectivity index (χ2v) is 8.40. The lowest BCUT2D eigenvalue weighted by Crippen LogP contribution is -2.45. The van der Waals surface area contributed by atoms with E-state index in [2.05, 4.69) is 35.0 Å². The topological polar surface area (TPSA) is 57.9 Å². The van der Waals surface area contributed by atoms with Gasteiger partial charge in [0.05, 0.1) is 11.4 Å². The molecule has 2 aliphatic rings. The SMILES string of the molecule is C=C(c1ccn[nH]1)c1c(F)ccc(F)c1N1CCC2(CC1)Cc1ccccc1[C@H]2N. The third-order valence-electron chi connectivity index (χ3n) is 6.87. The molecule has 0 radical (unpaired) electrons. The highest BCUT2D eigenvalue weighted by Gasteiger charge is 2.46. The number of anilines is 1. The highest BCUT2D eigenvalue weighted by molar-refractivity contribution is 5.84. The third kappa shape index (κ3) is 2.86. The molecule has 5 rings (SSSR count). The Bertz CT molecular complexity index is 1100. The van der Waals surface area contributed by atoms with Crippen LogP contribution in [0.3, 0.4) is 0 Å². The molecular formula is C24H24F2N4. The number of halogens is 2. The van der Waals surface area contributed by atoms with Crippen molar-refractivity contribution in [3.63, 3.8) is 0 Å². The summed E-state index contributed by atoms with van der Waals surface area (Å²) in [6, 6.07) is 12.4. The standard InChI is InChI=1S/C24H24F2N4/c1-15(20-8-11-28-29-20)21-18(25)6-7-19(26)22(21)30-12-9-24(10-13-30)14-16-4-2-3-5-17(16)23(24)27/h2-8,11,23H,1,9-10,12-14,27H2,(H,28,29)/t23-/m1/s1. The summed E-state index contributed by atoms with van der Waals surface area (Å²) < 4.78 is 29.8. The lowest BCUT2D eigenvalue weighted by molar-refractivity contribution is 0.187. The van der Waals surface area contributed by atoms with Crippen LogP contribution < -0.4 is 10.6 Å². The summed E-state index contributed by atoms with van der Waals surface area (Å²) in [6.45, 7) is 5.24. The second-order valence-electron chi connectivity index (χ2n) is 8.40. The highest BCUT2D eigenvalue weighted by atomic mass is 19.1. The van der Waals surface area contributed by atoms with Gasteiger partial charge in [-0.25, -0.2) is 8.78 Å². The normalized spacial score (nSPS) is 19.8. The maximum atomic E-state index is 15.0. The van der Waals surface area contributed by atoms with Crippen LogP contribution in [-0.2, 0) is 6.42 Å². The van der Waals surface area contributed by atoms with Gasteiger partial charge < -0.3 is 10.6 Å². The molecule has 2 heterocycles. The van der Waals surface area contributed by atoms with E-state index in [1.807, 2.05) is 11.0 Å². The molecule has 0 amide bonds. The van der Waals surface area contributed by atoms with Crippen LogP contribution in [0.5, 0.6) is 0 Å². The average molecular weight is 406 g/mol. The van der Waals surface area contributed by atoms with Crippen molar-refractivity contribution in [2.24, 2.45) is 11.1 Å². The molecule has 1 fully saturated rings. The van der Waals surface area contributed by atoms with Crippen molar-refractivity contribution in [2.75, 3.05) is 18.0 Å². The number of hydrogen-bond acceptors (Lipinski definition) is 3. The minimum atomic E-state index is -0.490. The van der Waals surface area contributed by atoms with Gasteiger partial charge >= 0.3 is 0 Å². The van der Waals surface area contributed by atoms with Gasteiger partial charge in [0.1, 0.15) is 11.6 Å². The number of hydrogen-bond donors (Lipinski definition) is 2. The maximum absolute atomic E-state index is 15.0. The van der Waals surface area contributed by atoms with Crippen LogP contribution in [-0.4, -0.2) is 23.3 Å². The predicted octanol–water partition coefficient (Wildman–Crippen LogP) is 4.59. The molecule has 1 spiro atoms. The van der Waals surface area contributed by atoms with E-state index in [4.69, 9.17) is 5.73 Å². The minimum Gasteiger partial charge on any atom is -0.369 e. The molecule has 30 heavy (non-hydrogen) atoms. The molecule has 0 saturated carbocycles. The zero-order valence-electron chi connectivity index (χ0n) is 16.7. The van der Waals surface area contributed by atoms with Gasteiger partial charge in [-0.05, 0) is 54.0 Å². The van der Waals surface area contributed by atoms with Gasteiger partial charge in [-0.3, -0.25) is 5.10 Å². The molecule has 1 aliphatic carbocycles.